The molecule has 0 amide bonds. The maximum atomic E-state index is 5.06. The normalized spacial score (nSPS) is 12.0. The number of imidazole rings is 1. The molecule has 0 aliphatic heterocycles. The molecule has 0 radical (unpaired) electrons. The van der Waals surface area contributed by atoms with Gasteiger partial charge in [0, 0.05) is 27.7 Å². The standard InChI is InChI=1S/C47H29N3/c1-2-11-33(12-3-1)50-43-20-9-7-18-41(43)48-47(50)32-23-21-30(22-24-32)31-25-27-34(28-26-31)49-42-19-8-6-15-38(42)46-39-17-10-16-37-35-13-4-5-14-36(35)40(45(37)39)29-44(46)49/h1-29H. The van der Waals surface area contributed by atoms with Gasteiger partial charge in [-0.2, -0.15) is 0 Å². The summed E-state index contributed by atoms with van der Waals surface area (Å²) in [6.07, 6.45) is 0. The highest BCUT2D eigenvalue weighted by Crippen LogP contribution is 2.51. The molecule has 0 unspecified atom stereocenters. The van der Waals surface area contributed by atoms with Crippen LogP contribution < -0.4 is 0 Å². The van der Waals surface area contributed by atoms with Gasteiger partial charge in [0.15, 0.2) is 0 Å². The molecule has 3 nitrogen and oxygen atoms in total. The first-order valence-electron chi connectivity index (χ1n) is 17.1. The van der Waals surface area contributed by atoms with Crippen molar-refractivity contribution in [3.63, 3.8) is 0 Å². The molecule has 0 fully saturated rings. The summed E-state index contributed by atoms with van der Waals surface area (Å²) in [5.74, 6) is 0.941. The van der Waals surface area contributed by atoms with Crippen LogP contribution in [0.5, 0.6) is 0 Å². The Morgan fingerprint density at radius 1 is 0.340 bits per heavy atom. The van der Waals surface area contributed by atoms with Gasteiger partial charge < -0.3 is 4.57 Å². The predicted octanol–water partition coefficient (Wildman–Crippen LogP) is 12.3. The Morgan fingerprint density at radius 3 is 1.72 bits per heavy atom. The molecule has 1 aliphatic carbocycles. The SMILES string of the molecule is c1ccc(-n2c(-c3ccc(-c4ccc(-n5c6ccccc6c6c7cccc8c7c(cc65)-c5ccccc5-8)cc4)cc3)nc3ccccc32)cc1. The van der Waals surface area contributed by atoms with Crippen molar-refractivity contribution in [1.29, 1.82) is 0 Å². The first kappa shape index (κ1) is 27.3. The first-order valence-corrected chi connectivity index (χ1v) is 17.1. The van der Waals surface area contributed by atoms with E-state index in [9.17, 15) is 0 Å². The smallest absolute Gasteiger partial charge is 0.145 e. The van der Waals surface area contributed by atoms with Crippen molar-refractivity contribution < 1.29 is 0 Å². The van der Waals surface area contributed by atoms with E-state index < -0.39 is 0 Å². The molecule has 3 heteroatoms. The van der Waals surface area contributed by atoms with Crippen molar-refractivity contribution in [2.45, 2.75) is 0 Å². The Balaban J connectivity index is 1.02. The summed E-state index contributed by atoms with van der Waals surface area (Å²) < 4.78 is 4.69. The molecule has 2 heterocycles. The van der Waals surface area contributed by atoms with E-state index in [1.54, 1.807) is 0 Å². The summed E-state index contributed by atoms with van der Waals surface area (Å²) in [4.78, 5) is 5.06. The van der Waals surface area contributed by atoms with E-state index in [4.69, 9.17) is 4.98 Å². The molecule has 0 bridgehead atoms. The quantitative estimate of drug-likeness (QED) is 0.189. The van der Waals surface area contributed by atoms with Crippen molar-refractivity contribution >= 4 is 43.6 Å². The third-order valence-corrected chi connectivity index (χ3v) is 10.5. The maximum absolute atomic E-state index is 5.06. The zero-order valence-corrected chi connectivity index (χ0v) is 27.1. The van der Waals surface area contributed by atoms with Crippen LogP contribution in [0.3, 0.4) is 0 Å². The van der Waals surface area contributed by atoms with Gasteiger partial charge in [-0.3, -0.25) is 4.57 Å². The second kappa shape index (κ2) is 10.4. The highest BCUT2D eigenvalue weighted by molar-refractivity contribution is 6.29. The third kappa shape index (κ3) is 3.83. The molecule has 2 aromatic heterocycles. The summed E-state index contributed by atoms with van der Waals surface area (Å²) >= 11 is 0. The molecule has 1 aliphatic rings. The van der Waals surface area contributed by atoms with Gasteiger partial charge in [0.1, 0.15) is 5.82 Å². The lowest BCUT2D eigenvalue weighted by molar-refractivity contribution is 1.10. The number of hydrogen-bond acceptors (Lipinski definition) is 1. The Morgan fingerprint density at radius 2 is 0.920 bits per heavy atom. The van der Waals surface area contributed by atoms with Crippen LogP contribution in [-0.4, -0.2) is 14.1 Å². The number of benzene rings is 8. The molecule has 0 spiro atoms. The van der Waals surface area contributed by atoms with E-state index in [1.807, 2.05) is 6.07 Å². The fraction of sp³-hybridized carbons (Fsp3) is 0. The highest BCUT2D eigenvalue weighted by Gasteiger charge is 2.25. The Labute approximate surface area is 288 Å². The first-order chi connectivity index (χ1) is 24.8. The zero-order valence-electron chi connectivity index (χ0n) is 27.1. The number of aromatic nitrogens is 3. The second-order valence-electron chi connectivity index (χ2n) is 13.2. The molecule has 8 aromatic carbocycles. The molecule has 0 saturated carbocycles. The van der Waals surface area contributed by atoms with Gasteiger partial charge in [0.25, 0.3) is 0 Å². The zero-order chi connectivity index (χ0) is 32.8. The minimum absolute atomic E-state index is 0.941. The van der Waals surface area contributed by atoms with Crippen LogP contribution in [0.25, 0.3) is 99.8 Å². The van der Waals surface area contributed by atoms with Gasteiger partial charge in [0.05, 0.1) is 22.1 Å². The lowest BCUT2D eigenvalue weighted by Crippen LogP contribution is -1.97. The minimum Gasteiger partial charge on any atom is -0.309 e. The molecule has 11 rings (SSSR count). The van der Waals surface area contributed by atoms with Crippen LogP contribution in [0.15, 0.2) is 176 Å². The summed E-state index contributed by atoms with van der Waals surface area (Å²) in [6, 6.07) is 63.5. The van der Waals surface area contributed by atoms with Crippen molar-refractivity contribution in [3.8, 4) is 56.1 Å². The number of para-hydroxylation sites is 4. The van der Waals surface area contributed by atoms with Crippen LogP contribution in [0.2, 0.25) is 0 Å². The van der Waals surface area contributed by atoms with E-state index in [0.717, 1.165) is 33.8 Å². The minimum atomic E-state index is 0.941. The van der Waals surface area contributed by atoms with Crippen molar-refractivity contribution in [3.05, 3.63) is 176 Å². The topological polar surface area (TPSA) is 22.8 Å². The third-order valence-electron chi connectivity index (χ3n) is 10.5. The van der Waals surface area contributed by atoms with Gasteiger partial charge in [-0.25, -0.2) is 4.98 Å². The Kier molecular flexibility index (Phi) is 5.67. The van der Waals surface area contributed by atoms with Gasteiger partial charge in [-0.05, 0) is 92.7 Å². The average Bonchev–Trinajstić information content (AvgIpc) is 3.85. The van der Waals surface area contributed by atoms with Gasteiger partial charge in [0.2, 0.25) is 0 Å². The lowest BCUT2D eigenvalue weighted by Gasteiger charge is -2.12. The van der Waals surface area contributed by atoms with E-state index in [-0.39, 0.29) is 0 Å². The number of fused-ring (bicyclic) bond motifs is 8. The molecule has 0 N–H and O–H groups in total. The van der Waals surface area contributed by atoms with Crippen LogP contribution in [0.1, 0.15) is 0 Å². The molecular weight excluding hydrogens is 607 g/mol. The van der Waals surface area contributed by atoms with Crippen LogP contribution in [0.4, 0.5) is 0 Å². The molecule has 50 heavy (non-hydrogen) atoms. The van der Waals surface area contributed by atoms with E-state index >= 15 is 0 Å². The molecule has 10 aromatic rings. The van der Waals surface area contributed by atoms with Crippen molar-refractivity contribution in [1.82, 2.24) is 14.1 Å². The van der Waals surface area contributed by atoms with E-state index in [1.165, 1.54) is 66.0 Å². The van der Waals surface area contributed by atoms with E-state index in [2.05, 4.69) is 179 Å². The Bertz CT molecular complexity index is 2950. The lowest BCUT2D eigenvalue weighted by atomic mass is 9.98. The monoisotopic (exact) mass is 635 g/mol. The number of nitrogens with zero attached hydrogens (tertiary/aromatic N) is 3. The Hall–Kier alpha value is -6.71. The summed E-state index contributed by atoms with van der Waals surface area (Å²) in [6.45, 7) is 0. The molecule has 0 atom stereocenters. The van der Waals surface area contributed by atoms with Crippen LogP contribution in [-0.2, 0) is 0 Å². The fourth-order valence-electron chi connectivity index (χ4n) is 8.28. The maximum Gasteiger partial charge on any atom is 0.145 e. The van der Waals surface area contributed by atoms with Crippen LogP contribution in [0, 0.1) is 0 Å². The predicted molar refractivity (Wildman–Crippen MR) is 208 cm³/mol. The van der Waals surface area contributed by atoms with Crippen molar-refractivity contribution in [2.24, 2.45) is 0 Å². The average molecular weight is 636 g/mol. The second-order valence-corrected chi connectivity index (χ2v) is 13.2. The number of rotatable bonds is 4. The summed E-state index contributed by atoms with van der Waals surface area (Å²) in [5.41, 5.74) is 15.5. The van der Waals surface area contributed by atoms with Crippen molar-refractivity contribution in [2.75, 3.05) is 0 Å². The summed E-state index contributed by atoms with van der Waals surface area (Å²) in [5, 5.41) is 5.28. The van der Waals surface area contributed by atoms with Crippen LogP contribution >= 0.6 is 0 Å². The van der Waals surface area contributed by atoms with Gasteiger partial charge >= 0.3 is 0 Å². The highest BCUT2D eigenvalue weighted by atomic mass is 15.1. The molecule has 232 valence electrons. The molecular formula is C47H29N3. The van der Waals surface area contributed by atoms with Gasteiger partial charge in [-0.15, -0.1) is 0 Å². The number of hydrogen-bond donors (Lipinski definition) is 0. The summed E-state index contributed by atoms with van der Waals surface area (Å²) in [7, 11) is 0. The fourth-order valence-corrected chi connectivity index (χ4v) is 8.28. The molecule has 0 saturated heterocycles. The van der Waals surface area contributed by atoms with E-state index in [0.29, 0.717) is 0 Å². The largest absolute Gasteiger partial charge is 0.309 e. The van der Waals surface area contributed by atoms with Gasteiger partial charge in [-0.1, -0.05) is 127 Å².